The van der Waals surface area contributed by atoms with Crippen molar-refractivity contribution in [3.05, 3.63) is 0 Å². The first-order chi connectivity index (χ1) is 7.09. The van der Waals surface area contributed by atoms with Crippen molar-refractivity contribution >= 4 is 0 Å². The zero-order valence-corrected chi connectivity index (χ0v) is 10.6. The smallest absolute Gasteiger partial charge is 0.0272 e. The molecule has 1 aliphatic heterocycles. The Morgan fingerprint density at radius 1 is 1.13 bits per heavy atom. The average Bonchev–Trinajstić information content (AvgIpc) is 2.69. The van der Waals surface area contributed by atoms with E-state index in [-0.39, 0.29) is 0 Å². The lowest BCUT2D eigenvalue weighted by Crippen LogP contribution is -2.59. The molecule has 0 radical (unpaired) electrons. The maximum atomic E-state index is 3.55. The fourth-order valence-corrected chi connectivity index (χ4v) is 3.20. The van der Waals surface area contributed by atoms with Crippen molar-refractivity contribution in [2.75, 3.05) is 19.6 Å². The van der Waals surface area contributed by atoms with Crippen LogP contribution in [0.3, 0.4) is 0 Å². The van der Waals surface area contributed by atoms with E-state index >= 15 is 0 Å². The summed E-state index contributed by atoms with van der Waals surface area (Å²) in [4.78, 5) is 2.80. The van der Waals surface area contributed by atoms with Crippen LogP contribution in [0.5, 0.6) is 0 Å². The van der Waals surface area contributed by atoms with Gasteiger partial charge in [-0.15, -0.1) is 0 Å². The highest BCUT2D eigenvalue weighted by molar-refractivity contribution is 4.93. The summed E-state index contributed by atoms with van der Waals surface area (Å²) in [5, 5.41) is 3.55. The molecule has 2 nitrogen and oxygen atoms in total. The van der Waals surface area contributed by atoms with Crippen LogP contribution in [0.1, 0.15) is 46.5 Å². The number of hydrogen-bond acceptors (Lipinski definition) is 2. The number of piperazine rings is 1. The quantitative estimate of drug-likeness (QED) is 0.714. The molecular formula is C13H26N2. The van der Waals surface area contributed by atoms with Gasteiger partial charge in [0.1, 0.15) is 0 Å². The highest BCUT2D eigenvalue weighted by atomic mass is 15.2. The van der Waals surface area contributed by atoms with Crippen molar-refractivity contribution in [3.63, 3.8) is 0 Å². The Labute approximate surface area is 94.4 Å². The molecule has 15 heavy (non-hydrogen) atoms. The molecule has 0 amide bonds. The monoisotopic (exact) mass is 210 g/mol. The first kappa shape index (κ1) is 11.4. The SMILES string of the molecule is CC(C)(C)C1CNCCN1C1CCCC1. The molecule has 0 aromatic heterocycles. The lowest BCUT2D eigenvalue weighted by atomic mass is 9.83. The molecule has 1 saturated carbocycles. The van der Waals surface area contributed by atoms with Gasteiger partial charge < -0.3 is 5.32 Å². The predicted molar refractivity (Wildman–Crippen MR) is 65.1 cm³/mol. The van der Waals surface area contributed by atoms with Crippen LogP contribution in [0.25, 0.3) is 0 Å². The third-order valence-electron chi connectivity index (χ3n) is 4.08. The fraction of sp³-hybridized carbons (Fsp3) is 1.00. The molecular weight excluding hydrogens is 184 g/mol. The molecule has 1 unspecified atom stereocenters. The standard InChI is InChI=1S/C13H26N2/c1-13(2,3)12-10-14-8-9-15(12)11-6-4-5-7-11/h11-12,14H,4-10H2,1-3H3. The molecule has 0 aromatic rings. The summed E-state index contributed by atoms with van der Waals surface area (Å²) in [6, 6.07) is 1.62. The molecule has 0 spiro atoms. The summed E-state index contributed by atoms with van der Waals surface area (Å²) in [7, 11) is 0. The van der Waals surface area contributed by atoms with Crippen molar-refractivity contribution in [1.82, 2.24) is 10.2 Å². The maximum Gasteiger partial charge on any atom is 0.0272 e. The van der Waals surface area contributed by atoms with Gasteiger partial charge in [-0.05, 0) is 18.3 Å². The minimum atomic E-state index is 0.413. The largest absolute Gasteiger partial charge is 0.314 e. The summed E-state index contributed by atoms with van der Waals surface area (Å²) in [6.45, 7) is 10.8. The maximum absolute atomic E-state index is 3.55. The average molecular weight is 210 g/mol. The van der Waals surface area contributed by atoms with Crippen LogP contribution in [0.2, 0.25) is 0 Å². The molecule has 1 aliphatic carbocycles. The van der Waals surface area contributed by atoms with E-state index in [9.17, 15) is 0 Å². The highest BCUT2D eigenvalue weighted by Gasteiger charge is 2.36. The van der Waals surface area contributed by atoms with Crippen molar-refractivity contribution in [1.29, 1.82) is 0 Å². The minimum absolute atomic E-state index is 0.413. The third-order valence-corrected chi connectivity index (χ3v) is 4.08. The molecule has 2 aliphatic rings. The van der Waals surface area contributed by atoms with Gasteiger partial charge in [-0.1, -0.05) is 33.6 Å². The Hall–Kier alpha value is -0.0800. The molecule has 0 bridgehead atoms. The second kappa shape index (κ2) is 4.42. The molecule has 1 atom stereocenters. The second-order valence-electron chi connectivity index (χ2n) is 6.26. The van der Waals surface area contributed by atoms with E-state index in [1.54, 1.807) is 0 Å². The zero-order valence-electron chi connectivity index (χ0n) is 10.6. The van der Waals surface area contributed by atoms with Gasteiger partial charge in [0.15, 0.2) is 0 Å². The lowest BCUT2D eigenvalue weighted by molar-refractivity contribution is 0.0397. The Kier molecular flexibility index (Phi) is 3.36. The number of nitrogens with one attached hydrogen (secondary N) is 1. The first-order valence-corrected chi connectivity index (χ1v) is 6.55. The molecule has 2 rings (SSSR count). The fourth-order valence-electron chi connectivity index (χ4n) is 3.20. The predicted octanol–water partition coefficient (Wildman–Crippen LogP) is 2.25. The summed E-state index contributed by atoms with van der Waals surface area (Å²) in [6.07, 6.45) is 5.77. The third kappa shape index (κ3) is 2.54. The lowest BCUT2D eigenvalue weighted by Gasteiger charge is -2.46. The van der Waals surface area contributed by atoms with Crippen LogP contribution in [0.15, 0.2) is 0 Å². The first-order valence-electron chi connectivity index (χ1n) is 6.55. The van der Waals surface area contributed by atoms with Crippen LogP contribution in [-0.4, -0.2) is 36.6 Å². The number of nitrogens with zero attached hydrogens (tertiary/aromatic N) is 1. The van der Waals surface area contributed by atoms with Crippen LogP contribution in [0.4, 0.5) is 0 Å². The van der Waals surface area contributed by atoms with Gasteiger partial charge in [-0.3, -0.25) is 4.90 Å². The van der Waals surface area contributed by atoms with Gasteiger partial charge in [0, 0.05) is 31.7 Å². The van der Waals surface area contributed by atoms with E-state index < -0.39 is 0 Å². The van der Waals surface area contributed by atoms with E-state index in [1.165, 1.54) is 45.3 Å². The number of hydrogen-bond donors (Lipinski definition) is 1. The van der Waals surface area contributed by atoms with Gasteiger partial charge in [-0.25, -0.2) is 0 Å². The van der Waals surface area contributed by atoms with Gasteiger partial charge in [0.2, 0.25) is 0 Å². The van der Waals surface area contributed by atoms with Crippen molar-refractivity contribution in [3.8, 4) is 0 Å². The summed E-state index contributed by atoms with van der Waals surface area (Å²) in [5.41, 5.74) is 0.413. The second-order valence-corrected chi connectivity index (χ2v) is 6.26. The topological polar surface area (TPSA) is 15.3 Å². The summed E-state index contributed by atoms with van der Waals surface area (Å²) >= 11 is 0. The zero-order chi connectivity index (χ0) is 10.9. The Balaban J connectivity index is 2.05. The molecule has 2 heteroatoms. The molecule has 1 heterocycles. The molecule has 1 saturated heterocycles. The number of rotatable bonds is 1. The van der Waals surface area contributed by atoms with Crippen molar-refractivity contribution < 1.29 is 0 Å². The van der Waals surface area contributed by atoms with Crippen LogP contribution >= 0.6 is 0 Å². The van der Waals surface area contributed by atoms with E-state index in [2.05, 4.69) is 31.0 Å². The Morgan fingerprint density at radius 2 is 1.80 bits per heavy atom. The van der Waals surface area contributed by atoms with E-state index in [0.29, 0.717) is 5.41 Å². The van der Waals surface area contributed by atoms with E-state index in [1.807, 2.05) is 0 Å². The van der Waals surface area contributed by atoms with Crippen molar-refractivity contribution in [2.45, 2.75) is 58.5 Å². The Morgan fingerprint density at radius 3 is 2.40 bits per heavy atom. The van der Waals surface area contributed by atoms with E-state index in [4.69, 9.17) is 0 Å². The Bertz CT molecular complexity index is 201. The molecule has 88 valence electrons. The van der Waals surface area contributed by atoms with Crippen LogP contribution < -0.4 is 5.32 Å². The normalized spacial score (nSPS) is 31.0. The van der Waals surface area contributed by atoms with Gasteiger partial charge in [-0.2, -0.15) is 0 Å². The van der Waals surface area contributed by atoms with Crippen molar-refractivity contribution in [2.24, 2.45) is 5.41 Å². The highest BCUT2D eigenvalue weighted by Crippen LogP contribution is 2.32. The molecule has 1 N–H and O–H groups in total. The summed E-state index contributed by atoms with van der Waals surface area (Å²) in [5.74, 6) is 0. The van der Waals surface area contributed by atoms with Gasteiger partial charge in [0.25, 0.3) is 0 Å². The molecule has 0 aromatic carbocycles. The molecule has 2 fully saturated rings. The van der Waals surface area contributed by atoms with Crippen LogP contribution in [-0.2, 0) is 0 Å². The van der Waals surface area contributed by atoms with Gasteiger partial charge >= 0.3 is 0 Å². The minimum Gasteiger partial charge on any atom is -0.314 e. The van der Waals surface area contributed by atoms with Crippen LogP contribution in [0, 0.1) is 5.41 Å². The van der Waals surface area contributed by atoms with Gasteiger partial charge in [0.05, 0.1) is 0 Å². The summed E-state index contributed by atoms with van der Waals surface area (Å²) < 4.78 is 0. The van der Waals surface area contributed by atoms with E-state index in [0.717, 1.165) is 12.1 Å².